The standard InChI is InChI=1S/C12H13Cl2N5/c13-8-3-4-10(9(14)7-8)19-11(15)16-12(17-19)18-5-1-2-6-18/h3-4,7H,1-2,5-6H2,(H2,15,16,17). The molecule has 0 saturated carbocycles. The molecule has 0 bridgehead atoms. The molecule has 1 aromatic heterocycles. The molecular formula is C12H13Cl2N5. The first-order chi connectivity index (χ1) is 9.15. The van der Waals surface area contributed by atoms with Crippen LogP contribution in [-0.2, 0) is 0 Å². The Morgan fingerprint density at radius 1 is 1.16 bits per heavy atom. The van der Waals surface area contributed by atoms with E-state index in [1.165, 1.54) is 0 Å². The number of anilines is 2. The smallest absolute Gasteiger partial charge is 0.246 e. The summed E-state index contributed by atoms with van der Waals surface area (Å²) in [6.45, 7) is 1.94. The lowest BCUT2D eigenvalue weighted by Gasteiger charge is -2.11. The summed E-state index contributed by atoms with van der Waals surface area (Å²) >= 11 is 12.0. The second-order valence-corrected chi connectivity index (χ2v) is 5.32. The maximum Gasteiger partial charge on any atom is 0.246 e. The van der Waals surface area contributed by atoms with Gasteiger partial charge in [0, 0.05) is 18.1 Å². The van der Waals surface area contributed by atoms with Crippen LogP contribution < -0.4 is 10.6 Å². The van der Waals surface area contributed by atoms with Crippen molar-refractivity contribution in [1.29, 1.82) is 0 Å². The Hall–Kier alpha value is -1.46. The summed E-state index contributed by atoms with van der Waals surface area (Å²) < 4.78 is 1.55. The Morgan fingerprint density at radius 3 is 2.58 bits per heavy atom. The van der Waals surface area contributed by atoms with Crippen molar-refractivity contribution in [3.8, 4) is 5.69 Å². The molecule has 1 aliphatic rings. The fourth-order valence-electron chi connectivity index (χ4n) is 2.19. The molecule has 3 rings (SSSR count). The SMILES string of the molecule is Nc1nc(N2CCCC2)nn1-c1ccc(Cl)cc1Cl. The van der Waals surface area contributed by atoms with Crippen LogP contribution in [0.15, 0.2) is 18.2 Å². The van der Waals surface area contributed by atoms with Crippen LogP contribution in [0.25, 0.3) is 5.69 Å². The number of nitrogen functional groups attached to an aromatic ring is 1. The van der Waals surface area contributed by atoms with E-state index in [0.29, 0.717) is 27.6 Å². The molecule has 1 aromatic carbocycles. The van der Waals surface area contributed by atoms with Crippen molar-refractivity contribution in [3.05, 3.63) is 28.2 Å². The van der Waals surface area contributed by atoms with Gasteiger partial charge in [0.1, 0.15) is 0 Å². The van der Waals surface area contributed by atoms with Crippen molar-refractivity contribution in [3.63, 3.8) is 0 Å². The molecule has 100 valence electrons. The van der Waals surface area contributed by atoms with Gasteiger partial charge in [0.2, 0.25) is 11.9 Å². The predicted molar refractivity (Wildman–Crippen MR) is 77.2 cm³/mol. The zero-order valence-electron chi connectivity index (χ0n) is 10.2. The summed E-state index contributed by atoms with van der Waals surface area (Å²) in [4.78, 5) is 6.42. The third kappa shape index (κ3) is 2.35. The van der Waals surface area contributed by atoms with Crippen molar-refractivity contribution < 1.29 is 0 Å². The fourth-order valence-corrected chi connectivity index (χ4v) is 2.68. The van der Waals surface area contributed by atoms with Crippen LogP contribution in [0, 0.1) is 0 Å². The van der Waals surface area contributed by atoms with Gasteiger partial charge in [0.25, 0.3) is 0 Å². The van der Waals surface area contributed by atoms with Crippen molar-refractivity contribution in [1.82, 2.24) is 14.8 Å². The molecule has 1 aliphatic heterocycles. The van der Waals surface area contributed by atoms with Gasteiger partial charge in [-0.2, -0.15) is 9.67 Å². The molecule has 0 spiro atoms. The lowest BCUT2D eigenvalue weighted by Crippen LogP contribution is -2.19. The van der Waals surface area contributed by atoms with E-state index >= 15 is 0 Å². The van der Waals surface area contributed by atoms with Crippen LogP contribution in [0.1, 0.15) is 12.8 Å². The molecule has 1 saturated heterocycles. The molecule has 0 radical (unpaired) electrons. The summed E-state index contributed by atoms with van der Waals surface area (Å²) in [5, 5.41) is 5.50. The Kier molecular flexibility index (Phi) is 3.24. The summed E-state index contributed by atoms with van der Waals surface area (Å²) in [6, 6.07) is 5.19. The van der Waals surface area contributed by atoms with Crippen molar-refractivity contribution in [2.24, 2.45) is 0 Å². The Labute approximate surface area is 120 Å². The molecule has 19 heavy (non-hydrogen) atoms. The zero-order chi connectivity index (χ0) is 13.4. The minimum atomic E-state index is 0.325. The monoisotopic (exact) mass is 297 g/mol. The highest BCUT2D eigenvalue weighted by Gasteiger charge is 2.19. The second-order valence-electron chi connectivity index (χ2n) is 4.47. The summed E-state index contributed by atoms with van der Waals surface area (Å²) in [5.74, 6) is 0.979. The number of halogens is 2. The van der Waals surface area contributed by atoms with Crippen LogP contribution in [0.2, 0.25) is 10.0 Å². The highest BCUT2D eigenvalue weighted by atomic mass is 35.5. The van der Waals surface area contributed by atoms with Gasteiger partial charge in [-0.1, -0.05) is 23.2 Å². The van der Waals surface area contributed by atoms with Crippen LogP contribution in [0.5, 0.6) is 0 Å². The minimum Gasteiger partial charge on any atom is -0.368 e. The molecule has 5 nitrogen and oxygen atoms in total. The first kappa shape index (κ1) is 12.6. The van der Waals surface area contributed by atoms with Gasteiger partial charge in [-0.05, 0) is 31.0 Å². The number of rotatable bonds is 2. The number of benzene rings is 1. The van der Waals surface area contributed by atoms with Crippen molar-refractivity contribution in [2.45, 2.75) is 12.8 Å². The number of hydrogen-bond donors (Lipinski definition) is 1. The topological polar surface area (TPSA) is 60.0 Å². The van der Waals surface area contributed by atoms with Crippen LogP contribution in [0.3, 0.4) is 0 Å². The largest absolute Gasteiger partial charge is 0.368 e. The first-order valence-corrected chi connectivity index (χ1v) is 6.83. The van der Waals surface area contributed by atoms with E-state index in [-0.39, 0.29) is 0 Å². The van der Waals surface area contributed by atoms with Gasteiger partial charge in [-0.3, -0.25) is 0 Å². The molecular weight excluding hydrogens is 285 g/mol. The fraction of sp³-hybridized carbons (Fsp3) is 0.333. The van der Waals surface area contributed by atoms with E-state index in [4.69, 9.17) is 28.9 Å². The van der Waals surface area contributed by atoms with Gasteiger partial charge in [-0.15, -0.1) is 5.10 Å². The number of nitrogens with zero attached hydrogens (tertiary/aromatic N) is 4. The Balaban J connectivity index is 2.00. The highest BCUT2D eigenvalue weighted by Crippen LogP contribution is 2.27. The third-order valence-electron chi connectivity index (χ3n) is 3.15. The average molecular weight is 298 g/mol. The maximum absolute atomic E-state index is 6.16. The molecule has 2 heterocycles. The normalized spacial score (nSPS) is 15.2. The molecule has 2 N–H and O–H groups in total. The van der Waals surface area contributed by atoms with Crippen LogP contribution >= 0.6 is 23.2 Å². The summed E-state index contributed by atoms with van der Waals surface area (Å²) in [6.07, 6.45) is 2.33. The van der Waals surface area contributed by atoms with Gasteiger partial charge >= 0.3 is 0 Å². The molecule has 0 atom stereocenters. The molecule has 0 unspecified atom stereocenters. The van der Waals surface area contributed by atoms with Crippen LogP contribution in [0.4, 0.5) is 11.9 Å². The van der Waals surface area contributed by atoms with E-state index in [0.717, 1.165) is 25.9 Å². The third-order valence-corrected chi connectivity index (χ3v) is 3.69. The van der Waals surface area contributed by atoms with E-state index < -0.39 is 0 Å². The number of aromatic nitrogens is 3. The zero-order valence-corrected chi connectivity index (χ0v) is 11.7. The van der Waals surface area contributed by atoms with E-state index in [1.54, 1.807) is 22.9 Å². The quantitative estimate of drug-likeness (QED) is 0.926. The van der Waals surface area contributed by atoms with Crippen molar-refractivity contribution >= 4 is 35.1 Å². The highest BCUT2D eigenvalue weighted by molar-refractivity contribution is 6.35. The summed E-state index contributed by atoms with van der Waals surface area (Å²) in [7, 11) is 0. The van der Waals surface area contributed by atoms with Gasteiger partial charge in [0.05, 0.1) is 10.7 Å². The molecule has 1 fully saturated rings. The van der Waals surface area contributed by atoms with Crippen molar-refractivity contribution in [2.75, 3.05) is 23.7 Å². The van der Waals surface area contributed by atoms with Gasteiger partial charge in [0.15, 0.2) is 0 Å². The average Bonchev–Trinajstić information content (AvgIpc) is 2.98. The Bertz CT molecular complexity index is 604. The lowest BCUT2D eigenvalue weighted by molar-refractivity contribution is 0.847. The predicted octanol–water partition coefficient (Wildman–Crippen LogP) is 2.76. The van der Waals surface area contributed by atoms with Gasteiger partial charge in [-0.25, -0.2) is 0 Å². The Morgan fingerprint density at radius 2 is 1.89 bits per heavy atom. The molecule has 0 amide bonds. The molecule has 0 aliphatic carbocycles. The lowest BCUT2D eigenvalue weighted by atomic mass is 10.3. The van der Waals surface area contributed by atoms with E-state index in [2.05, 4.69) is 15.0 Å². The van der Waals surface area contributed by atoms with E-state index in [9.17, 15) is 0 Å². The minimum absolute atomic E-state index is 0.325. The number of hydrogen-bond acceptors (Lipinski definition) is 4. The molecule has 2 aromatic rings. The second kappa shape index (κ2) is 4.90. The number of nitrogens with two attached hydrogens (primary N) is 1. The first-order valence-electron chi connectivity index (χ1n) is 6.08. The summed E-state index contributed by atoms with van der Waals surface area (Å²) in [5.41, 5.74) is 6.60. The molecule has 7 heteroatoms. The van der Waals surface area contributed by atoms with Gasteiger partial charge < -0.3 is 10.6 Å². The van der Waals surface area contributed by atoms with Crippen LogP contribution in [-0.4, -0.2) is 27.9 Å². The maximum atomic E-state index is 6.16. The van der Waals surface area contributed by atoms with E-state index in [1.807, 2.05) is 0 Å².